The summed E-state index contributed by atoms with van der Waals surface area (Å²) in [5.41, 5.74) is 0. The van der Waals surface area contributed by atoms with Crippen LogP contribution in [0.1, 0.15) is 41.5 Å². The Morgan fingerprint density at radius 1 is 0.871 bits per heavy atom. The molecule has 0 aromatic heterocycles. The molecule has 0 aliphatic heterocycles. The summed E-state index contributed by atoms with van der Waals surface area (Å²) in [6, 6.07) is 21.0. The molecule has 2 aromatic carbocycles. The molecule has 0 saturated carbocycles. The fraction of sp³-hybridized carbons (Fsp3) is 0.481. The third-order valence-corrected chi connectivity index (χ3v) is 11.6. The lowest BCUT2D eigenvalue weighted by Crippen LogP contribution is -2.67. The van der Waals surface area contributed by atoms with Gasteiger partial charge in [-0.3, -0.25) is 0 Å². The van der Waals surface area contributed by atoms with Crippen molar-refractivity contribution in [1.82, 2.24) is 0 Å². The highest BCUT2D eigenvalue weighted by Crippen LogP contribution is 2.37. The van der Waals surface area contributed by atoms with Crippen LogP contribution in [-0.2, 0) is 4.43 Å². The Hall–Kier alpha value is -1.72. The number of benzene rings is 2. The highest BCUT2D eigenvalue weighted by Gasteiger charge is 2.50. The zero-order valence-corrected chi connectivity index (χ0v) is 21.0. The minimum absolute atomic E-state index is 0.0746. The lowest BCUT2D eigenvalue weighted by atomic mass is 9.84. The molecule has 0 fully saturated rings. The van der Waals surface area contributed by atoms with E-state index in [9.17, 15) is 10.2 Å². The van der Waals surface area contributed by atoms with Crippen LogP contribution in [0.5, 0.6) is 0 Å². The zero-order valence-electron chi connectivity index (χ0n) is 20.0. The van der Waals surface area contributed by atoms with Gasteiger partial charge in [-0.05, 0) is 15.4 Å². The van der Waals surface area contributed by atoms with Crippen LogP contribution < -0.4 is 10.4 Å². The van der Waals surface area contributed by atoms with Gasteiger partial charge in [-0.25, -0.2) is 0 Å². The molecular weight excluding hydrogens is 400 g/mol. The third kappa shape index (κ3) is 5.56. The number of hydrogen-bond donors (Lipinski definition) is 2. The first kappa shape index (κ1) is 25.5. The van der Waals surface area contributed by atoms with Crippen LogP contribution in [0.4, 0.5) is 0 Å². The number of aliphatic hydroxyl groups is 2. The first-order valence-corrected chi connectivity index (χ1v) is 13.2. The summed E-state index contributed by atoms with van der Waals surface area (Å²) in [6.45, 7) is 16.8. The van der Waals surface area contributed by atoms with E-state index in [-0.39, 0.29) is 22.8 Å². The summed E-state index contributed by atoms with van der Waals surface area (Å²) in [5, 5.41) is 23.9. The van der Waals surface area contributed by atoms with Crippen LogP contribution in [-0.4, -0.2) is 37.3 Å². The van der Waals surface area contributed by atoms with Gasteiger partial charge in [-0.1, -0.05) is 108 Å². The van der Waals surface area contributed by atoms with Gasteiger partial charge in [0.15, 0.2) is 0 Å². The molecule has 0 amide bonds. The van der Waals surface area contributed by atoms with E-state index in [4.69, 9.17) is 4.43 Å². The predicted molar refractivity (Wildman–Crippen MR) is 133 cm³/mol. The molecule has 2 aromatic rings. The highest BCUT2D eigenvalue weighted by molar-refractivity contribution is 6.99. The molecule has 2 rings (SSSR count). The van der Waals surface area contributed by atoms with E-state index in [0.717, 1.165) is 0 Å². The van der Waals surface area contributed by atoms with Crippen molar-refractivity contribution in [1.29, 1.82) is 0 Å². The summed E-state index contributed by atoms with van der Waals surface area (Å²) in [6.07, 6.45) is 0.427. The number of rotatable bonds is 10. The van der Waals surface area contributed by atoms with Gasteiger partial charge in [0.25, 0.3) is 8.32 Å². The van der Waals surface area contributed by atoms with Crippen LogP contribution in [0, 0.1) is 17.8 Å². The van der Waals surface area contributed by atoms with Crippen molar-refractivity contribution in [3.8, 4) is 0 Å². The van der Waals surface area contributed by atoms with Crippen molar-refractivity contribution in [3.05, 3.63) is 73.3 Å². The molecule has 3 nitrogen and oxygen atoms in total. The Morgan fingerprint density at radius 2 is 1.32 bits per heavy atom. The van der Waals surface area contributed by atoms with Gasteiger partial charge >= 0.3 is 0 Å². The lowest BCUT2D eigenvalue weighted by Gasteiger charge is -2.44. The second kappa shape index (κ2) is 10.7. The topological polar surface area (TPSA) is 49.7 Å². The first-order chi connectivity index (χ1) is 14.6. The molecule has 170 valence electrons. The first-order valence-electron chi connectivity index (χ1n) is 11.3. The highest BCUT2D eigenvalue weighted by atomic mass is 28.4. The quantitative estimate of drug-likeness (QED) is 0.426. The van der Waals surface area contributed by atoms with E-state index < -0.39 is 20.5 Å². The van der Waals surface area contributed by atoms with E-state index in [2.05, 4.69) is 75.9 Å². The average molecular weight is 441 g/mol. The fourth-order valence-corrected chi connectivity index (χ4v) is 9.12. The second-order valence-electron chi connectivity index (χ2n) is 9.89. The maximum absolute atomic E-state index is 11.0. The lowest BCUT2D eigenvalue weighted by molar-refractivity contribution is -0.0296. The minimum Gasteiger partial charge on any atom is -0.407 e. The SMILES string of the molecule is C=C[C@@H](C)[C@@H](O)[C@@H](C)[C@@H](O)[C@H](C)CO[Si](c1ccccc1)(c1ccccc1)C(C)(C)C. The molecule has 0 spiro atoms. The fourth-order valence-electron chi connectivity index (χ4n) is 4.46. The molecule has 0 aliphatic rings. The van der Waals surface area contributed by atoms with Crippen LogP contribution in [0.15, 0.2) is 73.3 Å². The smallest absolute Gasteiger partial charge is 0.261 e. The number of aliphatic hydroxyl groups excluding tert-OH is 2. The molecule has 4 heteroatoms. The predicted octanol–water partition coefficient (Wildman–Crippen LogP) is 4.38. The molecule has 0 radical (unpaired) electrons. The molecule has 0 bridgehead atoms. The van der Waals surface area contributed by atoms with Crippen LogP contribution in [0.2, 0.25) is 5.04 Å². The normalized spacial score (nSPS) is 17.4. The van der Waals surface area contributed by atoms with Gasteiger partial charge in [0, 0.05) is 24.4 Å². The maximum atomic E-state index is 11.0. The standard InChI is InChI=1S/C27H40O3Si/c1-8-20(2)25(28)22(4)26(29)21(3)19-30-31(27(5,6)7,23-15-11-9-12-16-23)24-17-13-10-14-18-24/h8-18,20-22,25-26,28-29H,1,19H2,2-7H3/t20-,21-,22-,25-,26+/m1/s1. The van der Waals surface area contributed by atoms with Crippen LogP contribution in [0.3, 0.4) is 0 Å². The van der Waals surface area contributed by atoms with Crippen LogP contribution in [0.25, 0.3) is 0 Å². The van der Waals surface area contributed by atoms with Crippen LogP contribution >= 0.6 is 0 Å². The number of hydrogen-bond acceptors (Lipinski definition) is 3. The van der Waals surface area contributed by atoms with Gasteiger partial charge in [0.1, 0.15) is 0 Å². The van der Waals surface area contributed by atoms with Crippen molar-refractivity contribution in [2.45, 2.75) is 58.8 Å². The maximum Gasteiger partial charge on any atom is 0.261 e. The van der Waals surface area contributed by atoms with Crippen molar-refractivity contribution in [2.75, 3.05) is 6.61 Å². The molecule has 5 atom stereocenters. The van der Waals surface area contributed by atoms with Crippen molar-refractivity contribution in [3.63, 3.8) is 0 Å². The summed E-state index contributed by atoms with van der Waals surface area (Å²) < 4.78 is 6.94. The molecule has 31 heavy (non-hydrogen) atoms. The van der Waals surface area contributed by atoms with Crippen molar-refractivity contribution < 1.29 is 14.6 Å². The van der Waals surface area contributed by atoms with E-state index in [1.165, 1.54) is 10.4 Å². The zero-order chi connectivity index (χ0) is 23.2. The largest absolute Gasteiger partial charge is 0.407 e. The monoisotopic (exact) mass is 440 g/mol. The molecule has 0 heterocycles. The van der Waals surface area contributed by atoms with Crippen molar-refractivity contribution in [2.24, 2.45) is 17.8 Å². The molecule has 0 saturated heterocycles. The second-order valence-corrected chi connectivity index (χ2v) is 14.2. The average Bonchev–Trinajstić information content (AvgIpc) is 2.77. The van der Waals surface area contributed by atoms with Gasteiger partial charge in [-0.15, -0.1) is 6.58 Å². The third-order valence-electron chi connectivity index (χ3n) is 6.55. The van der Waals surface area contributed by atoms with E-state index >= 15 is 0 Å². The Morgan fingerprint density at radius 3 is 1.71 bits per heavy atom. The Balaban J connectivity index is 2.38. The summed E-state index contributed by atoms with van der Waals surface area (Å²) in [4.78, 5) is 0. The van der Waals surface area contributed by atoms with E-state index in [1.807, 2.05) is 32.9 Å². The van der Waals surface area contributed by atoms with E-state index in [1.54, 1.807) is 6.08 Å². The van der Waals surface area contributed by atoms with Gasteiger partial charge in [0.2, 0.25) is 0 Å². The Labute approximate surface area is 189 Å². The molecule has 2 N–H and O–H groups in total. The summed E-state index contributed by atoms with van der Waals surface area (Å²) in [5.74, 6) is -0.469. The Bertz CT molecular complexity index is 761. The molecule has 0 unspecified atom stereocenters. The molecular formula is C27H40O3Si. The Kier molecular flexibility index (Phi) is 8.84. The van der Waals surface area contributed by atoms with E-state index in [0.29, 0.717) is 6.61 Å². The van der Waals surface area contributed by atoms with Gasteiger partial charge in [-0.2, -0.15) is 0 Å². The summed E-state index contributed by atoms with van der Waals surface area (Å²) in [7, 11) is -2.64. The van der Waals surface area contributed by atoms with Gasteiger partial charge < -0.3 is 14.6 Å². The van der Waals surface area contributed by atoms with Crippen molar-refractivity contribution >= 4 is 18.7 Å². The minimum atomic E-state index is -2.64. The molecule has 0 aliphatic carbocycles. The van der Waals surface area contributed by atoms with Gasteiger partial charge in [0.05, 0.1) is 12.2 Å². The summed E-state index contributed by atoms with van der Waals surface area (Å²) >= 11 is 0.